The predicted octanol–water partition coefficient (Wildman–Crippen LogP) is 2.66. The highest BCUT2D eigenvalue weighted by Gasteiger charge is 2.29. The molecule has 170 valence electrons. The zero-order chi connectivity index (χ0) is 23.5. The molecule has 0 saturated carbocycles. The molecule has 0 aliphatic heterocycles. The van der Waals surface area contributed by atoms with Crippen LogP contribution in [0.2, 0.25) is 0 Å². The van der Waals surface area contributed by atoms with Gasteiger partial charge in [0.05, 0.1) is 6.20 Å². The monoisotopic (exact) mass is 448 g/mol. The van der Waals surface area contributed by atoms with Gasteiger partial charge in [-0.3, -0.25) is 9.48 Å². The molecule has 3 N–H and O–H groups in total. The molecule has 1 unspecified atom stereocenters. The lowest BCUT2D eigenvalue weighted by molar-refractivity contribution is -0.122. The Morgan fingerprint density at radius 3 is 2.30 bits per heavy atom. The van der Waals surface area contributed by atoms with Crippen LogP contribution >= 0.6 is 0 Å². The van der Waals surface area contributed by atoms with Crippen LogP contribution in [0.5, 0.6) is 0 Å². The van der Waals surface area contributed by atoms with Gasteiger partial charge < -0.3 is 20.5 Å². The van der Waals surface area contributed by atoms with Gasteiger partial charge in [0.2, 0.25) is 5.91 Å². The number of hydrogen-bond donors (Lipinski definition) is 3. The van der Waals surface area contributed by atoms with Gasteiger partial charge in [0.1, 0.15) is 12.6 Å². The van der Waals surface area contributed by atoms with Gasteiger partial charge >= 0.3 is 12.1 Å². The van der Waals surface area contributed by atoms with Crippen molar-refractivity contribution in [2.75, 3.05) is 6.61 Å². The second kappa shape index (κ2) is 9.15. The average molecular weight is 448 g/mol. The van der Waals surface area contributed by atoms with Gasteiger partial charge in [-0.1, -0.05) is 48.5 Å². The van der Waals surface area contributed by atoms with Gasteiger partial charge in [-0.15, -0.1) is 0 Å². The van der Waals surface area contributed by atoms with E-state index in [-0.39, 0.29) is 24.8 Å². The van der Waals surface area contributed by atoms with Crippen molar-refractivity contribution in [3.63, 3.8) is 0 Å². The summed E-state index contributed by atoms with van der Waals surface area (Å²) in [5, 5.41) is 18.3. The van der Waals surface area contributed by atoms with E-state index in [1.54, 1.807) is 0 Å². The molecule has 0 fully saturated rings. The number of carbonyl (C=O) groups excluding carboxylic acids is 2. The summed E-state index contributed by atoms with van der Waals surface area (Å²) in [5.41, 5.74) is 4.82. The summed E-state index contributed by atoms with van der Waals surface area (Å²) in [5.74, 6) is -1.68. The standard InChI is InChI=1S/C24H24N4O5/c1-14(22(29)25-11-15-12-26-28(2)21(15)23(30)31)27-24(32)33-13-20-18-9-5-3-7-16(18)17-8-4-6-10-19(17)20/h3-10,12,14,20H,11,13H2,1-2H3,(H,25,29)(H,27,32)(H,30,31). The van der Waals surface area contributed by atoms with Crippen molar-refractivity contribution in [2.45, 2.75) is 25.4 Å². The molecule has 9 heteroatoms. The molecule has 1 aliphatic rings. The average Bonchev–Trinajstić information content (AvgIpc) is 3.33. The molecule has 1 aliphatic carbocycles. The lowest BCUT2D eigenvalue weighted by Gasteiger charge is -2.17. The van der Waals surface area contributed by atoms with Crippen LogP contribution in [0.1, 0.15) is 40.0 Å². The van der Waals surface area contributed by atoms with Crippen molar-refractivity contribution in [1.82, 2.24) is 20.4 Å². The molecule has 1 atom stereocenters. The second-order valence-electron chi connectivity index (χ2n) is 7.86. The topological polar surface area (TPSA) is 123 Å². The van der Waals surface area contributed by atoms with Crippen molar-refractivity contribution in [3.8, 4) is 11.1 Å². The first-order chi connectivity index (χ1) is 15.9. The van der Waals surface area contributed by atoms with Crippen LogP contribution in [0.25, 0.3) is 11.1 Å². The SMILES string of the molecule is CC(NC(=O)OCC1c2ccccc2-c2ccccc21)C(=O)NCc1cnn(C)c1C(=O)O. The lowest BCUT2D eigenvalue weighted by Crippen LogP contribution is -2.45. The Morgan fingerprint density at radius 2 is 1.70 bits per heavy atom. The number of aromatic nitrogens is 2. The first kappa shape index (κ1) is 22.1. The molecule has 0 saturated heterocycles. The van der Waals surface area contributed by atoms with Crippen LogP contribution in [0.3, 0.4) is 0 Å². The fourth-order valence-electron chi connectivity index (χ4n) is 4.11. The summed E-state index contributed by atoms with van der Waals surface area (Å²) in [4.78, 5) is 36.0. The molecule has 2 amide bonds. The molecule has 1 aromatic heterocycles. The predicted molar refractivity (Wildman–Crippen MR) is 120 cm³/mol. The van der Waals surface area contributed by atoms with Crippen LogP contribution in [-0.4, -0.2) is 45.5 Å². The Hall–Kier alpha value is -4.14. The van der Waals surface area contributed by atoms with Gasteiger partial charge in [-0.25, -0.2) is 9.59 Å². The van der Waals surface area contributed by atoms with Gasteiger partial charge in [-0.2, -0.15) is 5.10 Å². The minimum Gasteiger partial charge on any atom is -0.477 e. The minimum absolute atomic E-state index is 0.00699. The Balaban J connectivity index is 1.32. The van der Waals surface area contributed by atoms with Gasteiger partial charge in [0, 0.05) is 25.1 Å². The van der Waals surface area contributed by atoms with Gasteiger partial charge in [0.15, 0.2) is 5.69 Å². The van der Waals surface area contributed by atoms with E-state index in [1.165, 1.54) is 24.9 Å². The largest absolute Gasteiger partial charge is 0.477 e. The number of ether oxygens (including phenoxy) is 1. The third-order valence-corrected chi connectivity index (χ3v) is 5.74. The van der Waals surface area contributed by atoms with Crippen molar-refractivity contribution < 1.29 is 24.2 Å². The molecule has 0 radical (unpaired) electrons. The Kier molecular flexibility index (Phi) is 6.12. The molecular formula is C24H24N4O5. The smallest absolute Gasteiger partial charge is 0.407 e. The molecule has 33 heavy (non-hydrogen) atoms. The maximum absolute atomic E-state index is 12.4. The highest BCUT2D eigenvalue weighted by molar-refractivity contribution is 5.88. The van der Waals surface area contributed by atoms with Crippen molar-refractivity contribution in [2.24, 2.45) is 7.05 Å². The highest BCUT2D eigenvalue weighted by Crippen LogP contribution is 2.44. The van der Waals surface area contributed by atoms with Crippen molar-refractivity contribution in [1.29, 1.82) is 0 Å². The first-order valence-corrected chi connectivity index (χ1v) is 10.5. The summed E-state index contributed by atoms with van der Waals surface area (Å²) < 4.78 is 6.68. The number of alkyl carbamates (subject to hydrolysis) is 1. The van der Waals surface area contributed by atoms with Crippen LogP contribution in [0.4, 0.5) is 4.79 Å². The summed E-state index contributed by atoms with van der Waals surface area (Å²) >= 11 is 0. The van der Waals surface area contributed by atoms with Crippen molar-refractivity contribution >= 4 is 18.0 Å². The Labute approximate surface area is 190 Å². The molecule has 9 nitrogen and oxygen atoms in total. The third-order valence-electron chi connectivity index (χ3n) is 5.74. The maximum atomic E-state index is 12.4. The number of rotatable bonds is 7. The van der Waals surface area contributed by atoms with Crippen molar-refractivity contribution in [3.05, 3.63) is 77.1 Å². The van der Waals surface area contributed by atoms with E-state index < -0.39 is 24.0 Å². The highest BCUT2D eigenvalue weighted by atomic mass is 16.5. The van der Waals surface area contributed by atoms with E-state index in [1.807, 2.05) is 36.4 Å². The number of nitrogens with zero attached hydrogens (tertiary/aromatic N) is 2. The fourth-order valence-corrected chi connectivity index (χ4v) is 4.11. The Bertz CT molecular complexity index is 1170. The number of carboxylic acids is 1. The fraction of sp³-hybridized carbons (Fsp3) is 0.250. The molecule has 0 bridgehead atoms. The van der Waals surface area contributed by atoms with E-state index >= 15 is 0 Å². The van der Waals surface area contributed by atoms with Crippen LogP contribution in [0.15, 0.2) is 54.7 Å². The zero-order valence-corrected chi connectivity index (χ0v) is 18.2. The summed E-state index contributed by atoms with van der Waals surface area (Å²) in [6, 6.07) is 15.2. The lowest BCUT2D eigenvalue weighted by atomic mass is 9.98. The van der Waals surface area contributed by atoms with E-state index in [9.17, 15) is 19.5 Å². The van der Waals surface area contributed by atoms with E-state index in [4.69, 9.17) is 4.74 Å². The van der Waals surface area contributed by atoms with E-state index in [2.05, 4.69) is 27.9 Å². The number of amides is 2. The molecule has 2 aromatic carbocycles. The van der Waals surface area contributed by atoms with Gasteiger partial charge in [-0.05, 0) is 29.2 Å². The number of fused-ring (bicyclic) bond motifs is 3. The summed E-state index contributed by atoms with van der Waals surface area (Å²) in [6.07, 6.45) is 0.681. The van der Waals surface area contributed by atoms with Crippen LogP contribution < -0.4 is 10.6 Å². The third kappa shape index (κ3) is 4.43. The number of carboxylic acid groups (broad SMARTS) is 1. The number of aryl methyl sites for hydroxylation is 1. The first-order valence-electron chi connectivity index (χ1n) is 10.5. The molecule has 3 aromatic rings. The number of aromatic carboxylic acids is 1. The molecule has 0 spiro atoms. The Morgan fingerprint density at radius 1 is 1.09 bits per heavy atom. The summed E-state index contributed by atoms with van der Waals surface area (Å²) in [7, 11) is 1.51. The number of benzene rings is 2. The number of nitrogens with one attached hydrogen (secondary N) is 2. The van der Waals surface area contributed by atoms with E-state index in [0.717, 1.165) is 22.3 Å². The normalized spacial score (nSPS) is 13.0. The van der Waals surface area contributed by atoms with E-state index in [0.29, 0.717) is 5.56 Å². The number of hydrogen-bond acceptors (Lipinski definition) is 5. The molecule has 4 rings (SSSR count). The maximum Gasteiger partial charge on any atom is 0.407 e. The quantitative estimate of drug-likeness (QED) is 0.511. The molecular weight excluding hydrogens is 424 g/mol. The summed E-state index contributed by atoms with van der Waals surface area (Å²) in [6.45, 7) is 1.65. The number of carbonyl (C=O) groups is 3. The van der Waals surface area contributed by atoms with Crippen LogP contribution in [-0.2, 0) is 23.1 Å². The molecule has 1 heterocycles. The minimum atomic E-state index is -1.14. The zero-order valence-electron chi connectivity index (χ0n) is 18.2. The van der Waals surface area contributed by atoms with Gasteiger partial charge in [0.25, 0.3) is 0 Å². The second-order valence-corrected chi connectivity index (χ2v) is 7.86. The van der Waals surface area contributed by atoms with Crippen LogP contribution in [0, 0.1) is 0 Å².